The molecule has 0 fully saturated rings. The molecule has 0 aliphatic carbocycles. The van der Waals surface area contributed by atoms with Gasteiger partial charge in [0, 0.05) is 12.3 Å². The Bertz CT molecular complexity index is 686. The van der Waals surface area contributed by atoms with Crippen LogP contribution in [-0.4, -0.2) is 46.4 Å². The molecule has 9 heteroatoms. The molecule has 0 bridgehead atoms. The van der Waals surface area contributed by atoms with E-state index in [-0.39, 0.29) is 13.0 Å². The van der Waals surface area contributed by atoms with Crippen LogP contribution >= 0.6 is 0 Å². The van der Waals surface area contributed by atoms with Gasteiger partial charge in [0.25, 0.3) is 0 Å². The van der Waals surface area contributed by atoms with Gasteiger partial charge < -0.3 is 25.6 Å². The topological polar surface area (TPSA) is 149 Å². The number of ether oxygens (including phenoxy) is 1. The number of alkyl carbamates (subject to hydrolysis) is 1. The van der Waals surface area contributed by atoms with Crippen LogP contribution in [0.4, 0.5) is 4.79 Å². The van der Waals surface area contributed by atoms with E-state index in [4.69, 9.17) is 10.00 Å². The van der Waals surface area contributed by atoms with Crippen molar-refractivity contribution in [1.82, 2.24) is 10.6 Å². The van der Waals surface area contributed by atoms with Crippen LogP contribution in [0.2, 0.25) is 0 Å². The molecular weight excluding hydrogens is 354 g/mol. The van der Waals surface area contributed by atoms with Crippen molar-refractivity contribution in [2.45, 2.75) is 45.1 Å². The van der Waals surface area contributed by atoms with Crippen molar-refractivity contribution in [2.75, 3.05) is 0 Å². The van der Waals surface area contributed by atoms with Gasteiger partial charge in [-0.15, -0.1) is 0 Å². The van der Waals surface area contributed by atoms with Gasteiger partial charge in [-0.25, -0.2) is 9.59 Å². The van der Waals surface area contributed by atoms with Gasteiger partial charge in [-0.05, 0) is 12.5 Å². The number of nitrogens with zero attached hydrogens (tertiary/aromatic N) is 1. The van der Waals surface area contributed by atoms with Gasteiger partial charge in [-0.3, -0.25) is 4.79 Å². The Morgan fingerprint density at radius 1 is 1.15 bits per heavy atom. The third-order valence-electron chi connectivity index (χ3n) is 3.80. The fourth-order valence-corrected chi connectivity index (χ4v) is 2.25. The van der Waals surface area contributed by atoms with E-state index in [1.807, 2.05) is 12.1 Å². The van der Waals surface area contributed by atoms with E-state index in [1.54, 1.807) is 24.3 Å². The van der Waals surface area contributed by atoms with Crippen LogP contribution in [0.3, 0.4) is 0 Å². The van der Waals surface area contributed by atoms with Gasteiger partial charge in [0.15, 0.2) is 0 Å². The molecule has 1 rings (SSSR count). The highest BCUT2D eigenvalue weighted by molar-refractivity contribution is 5.89. The van der Waals surface area contributed by atoms with Crippen LogP contribution < -0.4 is 10.6 Å². The summed E-state index contributed by atoms with van der Waals surface area (Å²) in [6, 6.07) is 7.95. The summed E-state index contributed by atoms with van der Waals surface area (Å²) in [6.45, 7) is 2.75. The Labute approximate surface area is 156 Å². The summed E-state index contributed by atoms with van der Waals surface area (Å²) in [6.07, 6.45) is -2.31. The largest absolute Gasteiger partial charge is 0.480 e. The van der Waals surface area contributed by atoms with Crippen molar-refractivity contribution < 1.29 is 29.3 Å². The summed E-state index contributed by atoms with van der Waals surface area (Å²) in [5, 5.41) is 32.2. The van der Waals surface area contributed by atoms with Gasteiger partial charge in [-0.2, -0.15) is 5.26 Å². The fourth-order valence-electron chi connectivity index (χ4n) is 2.25. The fraction of sp³-hybridized carbons (Fsp3) is 0.444. The molecule has 0 unspecified atom stereocenters. The van der Waals surface area contributed by atoms with E-state index in [0.717, 1.165) is 5.56 Å². The van der Waals surface area contributed by atoms with Crippen LogP contribution in [0.15, 0.2) is 30.3 Å². The Balaban J connectivity index is 2.70. The smallest absolute Gasteiger partial charge is 0.408 e. The van der Waals surface area contributed by atoms with Crippen molar-refractivity contribution in [3.63, 3.8) is 0 Å². The highest BCUT2D eigenvalue weighted by Crippen LogP contribution is 2.09. The summed E-state index contributed by atoms with van der Waals surface area (Å²) >= 11 is 0. The molecule has 2 amide bonds. The average molecular weight is 377 g/mol. The molecule has 0 radical (unpaired) electrons. The number of nitrogens with one attached hydrogen (secondary N) is 2. The molecule has 0 heterocycles. The Morgan fingerprint density at radius 3 is 2.30 bits per heavy atom. The zero-order valence-corrected chi connectivity index (χ0v) is 15.1. The number of carbonyl (C=O) groups excluding carboxylic acids is 2. The number of hydrogen-bond acceptors (Lipinski definition) is 6. The molecule has 1 aromatic carbocycles. The first-order chi connectivity index (χ1) is 12.8. The lowest BCUT2D eigenvalue weighted by Crippen LogP contribution is -2.57. The predicted molar refractivity (Wildman–Crippen MR) is 94.2 cm³/mol. The Hall–Kier alpha value is -3.12. The lowest BCUT2D eigenvalue weighted by atomic mass is 9.98. The molecule has 4 N–H and O–H groups in total. The lowest BCUT2D eigenvalue weighted by molar-refractivity contribution is -0.144. The second-order valence-corrected chi connectivity index (χ2v) is 6.09. The second kappa shape index (κ2) is 10.8. The molecule has 0 spiro atoms. The minimum absolute atomic E-state index is 0.0300. The minimum atomic E-state index is -1.41. The number of rotatable bonds is 9. The molecule has 0 saturated carbocycles. The van der Waals surface area contributed by atoms with Gasteiger partial charge in [0.1, 0.15) is 18.7 Å². The number of carboxylic acid groups (broad SMARTS) is 1. The van der Waals surface area contributed by atoms with E-state index in [9.17, 15) is 24.6 Å². The third-order valence-corrected chi connectivity index (χ3v) is 3.80. The zero-order chi connectivity index (χ0) is 20.4. The summed E-state index contributed by atoms with van der Waals surface area (Å²) in [4.78, 5) is 35.6. The quantitative estimate of drug-likeness (QED) is 0.497. The van der Waals surface area contributed by atoms with E-state index in [1.165, 1.54) is 13.8 Å². The van der Waals surface area contributed by atoms with Crippen molar-refractivity contribution in [1.29, 1.82) is 5.26 Å². The number of carboxylic acids is 1. The van der Waals surface area contributed by atoms with Crippen LogP contribution in [0.5, 0.6) is 0 Å². The number of aliphatic hydroxyl groups is 1. The highest BCUT2D eigenvalue weighted by atomic mass is 16.5. The first-order valence-corrected chi connectivity index (χ1v) is 8.31. The first kappa shape index (κ1) is 21.9. The molecule has 0 aromatic heterocycles. The maximum Gasteiger partial charge on any atom is 0.408 e. The van der Waals surface area contributed by atoms with Crippen molar-refractivity contribution in [3.05, 3.63) is 35.9 Å². The molecule has 9 nitrogen and oxygen atoms in total. The van der Waals surface area contributed by atoms with E-state index in [0.29, 0.717) is 0 Å². The first-order valence-electron chi connectivity index (χ1n) is 8.31. The van der Waals surface area contributed by atoms with Crippen molar-refractivity contribution in [2.24, 2.45) is 5.92 Å². The van der Waals surface area contributed by atoms with E-state index in [2.05, 4.69) is 10.6 Å². The number of amides is 2. The Kier molecular flexibility index (Phi) is 8.75. The number of benzene rings is 1. The summed E-state index contributed by atoms with van der Waals surface area (Å²) in [5.74, 6) is -2.86. The SMILES string of the molecule is C[C@@H](O)[C@H](NC(=O)OCc1ccccc1)C(=O)N[C@H](C(=O)O)[C@@H](C)CC#N. The highest BCUT2D eigenvalue weighted by Gasteiger charge is 2.32. The molecular formula is C18H23N3O6. The maximum absolute atomic E-state index is 12.3. The van der Waals surface area contributed by atoms with Crippen LogP contribution in [0.1, 0.15) is 25.8 Å². The molecule has 1 aromatic rings. The predicted octanol–water partition coefficient (Wildman–Crippen LogP) is 0.781. The van der Waals surface area contributed by atoms with Crippen LogP contribution in [0.25, 0.3) is 0 Å². The molecule has 4 atom stereocenters. The number of hydrogen-bond donors (Lipinski definition) is 4. The van der Waals surface area contributed by atoms with Gasteiger partial charge in [-0.1, -0.05) is 37.3 Å². The van der Waals surface area contributed by atoms with Crippen LogP contribution in [-0.2, 0) is 20.9 Å². The van der Waals surface area contributed by atoms with E-state index < -0.39 is 42.1 Å². The van der Waals surface area contributed by atoms with Gasteiger partial charge >= 0.3 is 12.1 Å². The normalized spacial score (nSPS) is 14.7. The molecule has 0 saturated heterocycles. The third kappa shape index (κ3) is 7.33. The summed E-state index contributed by atoms with van der Waals surface area (Å²) in [5.41, 5.74) is 0.738. The minimum Gasteiger partial charge on any atom is -0.480 e. The van der Waals surface area contributed by atoms with Gasteiger partial charge in [0.2, 0.25) is 5.91 Å². The second-order valence-electron chi connectivity index (χ2n) is 6.09. The molecule has 0 aliphatic heterocycles. The van der Waals surface area contributed by atoms with Crippen molar-refractivity contribution >= 4 is 18.0 Å². The van der Waals surface area contributed by atoms with Crippen LogP contribution in [0, 0.1) is 17.2 Å². The zero-order valence-electron chi connectivity index (χ0n) is 15.1. The monoisotopic (exact) mass is 377 g/mol. The van der Waals surface area contributed by atoms with Gasteiger partial charge in [0.05, 0.1) is 12.2 Å². The molecule has 0 aliphatic rings. The Morgan fingerprint density at radius 2 is 1.78 bits per heavy atom. The number of aliphatic carboxylic acids is 1. The lowest BCUT2D eigenvalue weighted by Gasteiger charge is -2.25. The number of carbonyl (C=O) groups is 3. The van der Waals surface area contributed by atoms with E-state index >= 15 is 0 Å². The summed E-state index contributed by atoms with van der Waals surface area (Å²) in [7, 11) is 0. The molecule has 27 heavy (non-hydrogen) atoms. The number of nitriles is 1. The average Bonchev–Trinajstić information content (AvgIpc) is 2.62. The van der Waals surface area contributed by atoms with Crippen molar-refractivity contribution in [3.8, 4) is 6.07 Å². The number of aliphatic hydroxyl groups excluding tert-OH is 1. The maximum atomic E-state index is 12.3. The molecule has 146 valence electrons. The summed E-state index contributed by atoms with van der Waals surface area (Å²) < 4.78 is 5.00. The standard InChI is InChI=1S/C18H23N3O6/c1-11(8-9-19)14(17(24)25)20-16(23)15(12(2)22)21-18(26)27-10-13-6-4-3-5-7-13/h3-7,11-12,14-15,22H,8,10H2,1-2H3,(H,20,23)(H,21,26)(H,24,25)/t11-,12+,14-,15-/m0/s1.